The highest BCUT2D eigenvalue weighted by Gasteiger charge is 2.44. The topological polar surface area (TPSA) is 129 Å². The summed E-state index contributed by atoms with van der Waals surface area (Å²) in [6, 6.07) is 0. The summed E-state index contributed by atoms with van der Waals surface area (Å²) >= 11 is 0. The summed E-state index contributed by atoms with van der Waals surface area (Å²) in [5.41, 5.74) is 1.03. The molecule has 4 heterocycles. The lowest BCUT2D eigenvalue weighted by molar-refractivity contribution is -0.0510. The molecule has 1 aliphatic heterocycles. The van der Waals surface area contributed by atoms with Gasteiger partial charge in [0.1, 0.15) is 36.0 Å². The average Bonchev–Trinajstić information content (AvgIpc) is 3.29. The first-order valence-electron chi connectivity index (χ1n) is 7.24. The molecule has 9 nitrogen and oxygen atoms in total. The largest absolute Gasteiger partial charge is 0.394 e. The number of hydrogen-bond acceptors (Lipinski definition) is 7. The number of imidazole rings is 1. The van der Waals surface area contributed by atoms with Gasteiger partial charge in [0, 0.05) is 6.20 Å². The lowest BCUT2D eigenvalue weighted by atomic mass is 10.1. The summed E-state index contributed by atoms with van der Waals surface area (Å²) in [7, 11) is 0. The van der Waals surface area contributed by atoms with Crippen LogP contribution in [0.2, 0.25) is 0 Å². The minimum Gasteiger partial charge on any atom is -0.394 e. The molecule has 1 fully saturated rings. The summed E-state index contributed by atoms with van der Waals surface area (Å²) in [5.74, 6) is -0.604. The maximum atomic E-state index is 14.5. The number of halogens is 1. The smallest absolute Gasteiger partial charge is 0.164 e. The van der Waals surface area contributed by atoms with Gasteiger partial charge in [-0.2, -0.15) is 0 Å². The zero-order valence-corrected chi connectivity index (χ0v) is 12.2. The Morgan fingerprint density at radius 3 is 2.79 bits per heavy atom. The predicted octanol–water partition coefficient (Wildman–Crippen LogP) is -0.428. The molecule has 0 aromatic carbocycles. The summed E-state index contributed by atoms with van der Waals surface area (Å²) in [5, 5.41) is 29.4. The van der Waals surface area contributed by atoms with Gasteiger partial charge in [-0.05, 0) is 0 Å². The molecule has 1 saturated heterocycles. The summed E-state index contributed by atoms with van der Waals surface area (Å²) in [6.45, 7) is -0.467. The van der Waals surface area contributed by atoms with Crippen molar-refractivity contribution in [2.45, 2.75) is 24.5 Å². The Hall–Kier alpha value is -2.40. The van der Waals surface area contributed by atoms with Crippen LogP contribution in [0.25, 0.3) is 22.4 Å². The van der Waals surface area contributed by atoms with Gasteiger partial charge in [-0.25, -0.2) is 19.3 Å². The molecule has 0 spiro atoms. The van der Waals surface area contributed by atoms with Crippen molar-refractivity contribution in [2.24, 2.45) is 0 Å². The maximum Gasteiger partial charge on any atom is 0.164 e. The van der Waals surface area contributed by atoms with E-state index >= 15 is 0 Å². The molecule has 4 rings (SSSR count). The zero-order valence-electron chi connectivity index (χ0n) is 12.2. The summed E-state index contributed by atoms with van der Waals surface area (Å²) < 4.78 is 21.3. The van der Waals surface area contributed by atoms with Crippen LogP contribution in [-0.4, -0.2) is 64.7 Å². The molecule has 0 saturated carbocycles. The van der Waals surface area contributed by atoms with Gasteiger partial charge >= 0.3 is 0 Å². The van der Waals surface area contributed by atoms with Gasteiger partial charge in [-0.1, -0.05) is 0 Å². The highest BCUT2D eigenvalue weighted by atomic mass is 19.1. The zero-order chi connectivity index (χ0) is 16.8. The van der Waals surface area contributed by atoms with Crippen LogP contribution in [0.15, 0.2) is 25.0 Å². The molecule has 0 radical (unpaired) electrons. The van der Waals surface area contributed by atoms with Crippen molar-refractivity contribution in [3.05, 3.63) is 30.9 Å². The standard InChI is InChI=1S/C14H14FN5O4/c15-6-2-20(14-12(23)11(22)8(3-21)24-14)13-9(6)10(18-5-19-13)7-1-16-4-17-7/h1-2,4-5,8,11-12,14,21-23H,3H2,(H,16,17)/t8?,11-,12-,14+/m0/s1. The number of ether oxygens (including phenoxy) is 1. The van der Waals surface area contributed by atoms with E-state index in [1.807, 2.05) is 0 Å². The van der Waals surface area contributed by atoms with E-state index in [4.69, 9.17) is 4.74 Å². The van der Waals surface area contributed by atoms with Gasteiger partial charge in [-0.3, -0.25) is 0 Å². The van der Waals surface area contributed by atoms with Gasteiger partial charge in [-0.15, -0.1) is 0 Å². The molecule has 0 bridgehead atoms. The molecule has 0 aliphatic carbocycles. The first-order valence-corrected chi connectivity index (χ1v) is 7.24. The Bertz CT molecular complexity index is 868. The molecular weight excluding hydrogens is 321 g/mol. The monoisotopic (exact) mass is 335 g/mol. The number of nitrogens with zero attached hydrogens (tertiary/aromatic N) is 4. The van der Waals surface area contributed by atoms with Crippen LogP contribution in [0.4, 0.5) is 4.39 Å². The second-order valence-electron chi connectivity index (χ2n) is 5.50. The van der Waals surface area contributed by atoms with Gasteiger partial charge in [0.2, 0.25) is 0 Å². The molecule has 1 unspecified atom stereocenters. The Morgan fingerprint density at radius 1 is 1.29 bits per heavy atom. The van der Waals surface area contributed by atoms with E-state index in [-0.39, 0.29) is 11.0 Å². The predicted molar refractivity (Wildman–Crippen MR) is 78.1 cm³/mol. The van der Waals surface area contributed by atoms with E-state index in [1.165, 1.54) is 23.4 Å². The molecule has 3 aromatic rings. The number of aromatic nitrogens is 5. The third-order valence-corrected chi connectivity index (χ3v) is 4.11. The number of hydrogen-bond donors (Lipinski definition) is 4. The summed E-state index contributed by atoms with van der Waals surface area (Å²) in [4.78, 5) is 14.9. The average molecular weight is 335 g/mol. The number of rotatable bonds is 3. The number of fused-ring (bicyclic) bond motifs is 1. The number of aliphatic hydroxyl groups excluding tert-OH is 3. The maximum absolute atomic E-state index is 14.5. The lowest BCUT2D eigenvalue weighted by Gasteiger charge is -2.17. The minimum atomic E-state index is -1.33. The first kappa shape index (κ1) is 15.1. The molecule has 3 aromatic heterocycles. The van der Waals surface area contributed by atoms with Gasteiger partial charge in [0.05, 0.1) is 30.2 Å². The fourth-order valence-corrected chi connectivity index (χ4v) is 2.93. The van der Waals surface area contributed by atoms with Gasteiger partial charge in [0.15, 0.2) is 12.0 Å². The molecule has 24 heavy (non-hydrogen) atoms. The lowest BCUT2D eigenvalue weighted by Crippen LogP contribution is -2.33. The number of aliphatic hydroxyl groups is 3. The normalized spacial score (nSPS) is 27.2. The van der Waals surface area contributed by atoms with Gasteiger partial charge in [0.25, 0.3) is 0 Å². The second kappa shape index (κ2) is 5.60. The highest BCUT2D eigenvalue weighted by molar-refractivity contribution is 5.90. The highest BCUT2D eigenvalue weighted by Crippen LogP contribution is 2.35. The number of H-pyrrole nitrogens is 1. The van der Waals surface area contributed by atoms with Crippen LogP contribution in [-0.2, 0) is 4.74 Å². The van der Waals surface area contributed by atoms with Crippen molar-refractivity contribution in [2.75, 3.05) is 6.61 Å². The molecule has 4 atom stereocenters. The molecular formula is C14H14FN5O4. The van der Waals surface area contributed by atoms with E-state index in [0.29, 0.717) is 11.4 Å². The fraction of sp³-hybridized carbons (Fsp3) is 0.357. The number of aromatic amines is 1. The van der Waals surface area contributed by atoms with Crippen LogP contribution >= 0.6 is 0 Å². The van der Waals surface area contributed by atoms with Crippen molar-refractivity contribution in [3.63, 3.8) is 0 Å². The molecule has 126 valence electrons. The van der Waals surface area contributed by atoms with Crippen molar-refractivity contribution in [1.29, 1.82) is 0 Å². The Balaban J connectivity index is 1.86. The molecule has 4 N–H and O–H groups in total. The molecule has 1 aliphatic rings. The SMILES string of the molecule is OCC1O[C@@H](n2cc(F)c3c(-c4cnc[nH]4)ncnc32)[C@@H](O)[C@H]1O. The van der Waals surface area contributed by atoms with Crippen LogP contribution in [0.5, 0.6) is 0 Å². The van der Waals surface area contributed by atoms with Crippen LogP contribution in [0.1, 0.15) is 6.23 Å². The van der Waals surface area contributed by atoms with Gasteiger partial charge < -0.3 is 29.6 Å². The third kappa shape index (κ3) is 2.12. The minimum absolute atomic E-state index is 0.138. The Morgan fingerprint density at radius 2 is 2.12 bits per heavy atom. The Labute approximate surface area is 134 Å². The number of nitrogens with one attached hydrogen (secondary N) is 1. The summed E-state index contributed by atoms with van der Waals surface area (Å²) in [6.07, 6.45) is 0.690. The quantitative estimate of drug-likeness (QED) is 0.511. The van der Waals surface area contributed by atoms with E-state index in [1.54, 1.807) is 0 Å². The van der Waals surface area contributed by atoms with Crippen LogP contribution < -0.4 is 0 Å². The van der Waals surface area contributed by atoms with Crippen molar-refractivity contribution in [3.8, 4) is 11.4 Å². The second-order valence-corrected chi connectivity index (χ2v) is 5.50. The van der Waals surface area contributed by atoms with E-state index < -0.39 is 37.0 Å². The van der Waals surface area contributed by atoms with Crippen molar-refractivity contribution < 1.29 is 24.4 Å². The van der Waals surface area contributed by atoms with E-state index in [0.717, 1.165) is 6.20 Å². The molecule has 0 amide bonds. The molecule has 10 heteroatoms. The van der Waals surface area contributed by atoms with Crippen LogP contribution in [0, 0.1) is 5.82 Å². The van der Waals surface area contributed by atoms with E-state index in [2.05, 4.69) is 19.9 Å². The van der Waals surface area contributed by atoms with Crippen molar-refractivity contribution in [1.82, 2.24) is 24.5 Å². The van der Waals surface area contributed by atoms with Crippen LogP contribution in [0.3, 0.4) is 0 Å². The third-order valence-electron chi connectivity index (χ3n) is 4.11. The first-order chi connectivity index (χ1) is 11.6. The fourth-order valence-electron chi connectivity index (χ4n) is 2.93. The Kier molecular flexibility index (Phi) is 3.53. The van der Waals surface area contributed by atoms with Crippen molar-refractivity contribution >= 4 is 11.0 Å². The van der Waals surface area contributed by atoms with E-state index in [9.17, 15) is 19.7 Å².